The number of halogens is 2. The zero-order chi connectivity index (χ0) is 30.3. The SMILES string of the molecule is Cc1cccc(Cl)c1NC(=O)C1N([C@@H](CO)Cc2ccccc2)C(=O)[C@@H]2[C@H](C(=O)NCc3ccccc3)[C@H]3SC12CC3Br. The Kier molecular flexibility index (Phi) is 8.61. The number of hydrogen-bond donors (Lipinski definition) is 3. The number of nitrogens with one attached hydrogen (secondary N) is 2. The minimum atomic E-state index is -0.913. The maximum Gasteiger partial charge on any atom is 0.248 e. The van der Waals surface area contributed by atoms with Crippen molar-refractivity contribution in [1.82, 2.24) is 10.2 Å². The summed E-state index contributed by atoms with van der Waals surface area (Å²) in [5.41, 5.74) is 3.20. The van der Waals surface area contributed by atoms with Gasteiger partial charge in [-0.1, -0.05) is 100 Å². The number of nitrogens with zero attached hydrogens (tertiary/aromatic N) is 1. The van der Waals surface area contributed by atoms with Crippen molar-refractivity contribution in [2.24, 2.45) is 11.8 Å². The summed E-state index contributed by atoms with van der Waals surface area (Å²) in [4.78, 5) is 44.3. The molecule has 3 aromatic carbocycles. The van der Waals surface area contributed by atoms with Crippen LogP contribution in [0.25, 0.3) is 0 Å². The number of carbonyl (C=O) groups is 3. The van der Waals surface area contributed by atoms with E-state index >= 15 is 0 Å². The number of thioether (sulfide) groups is 1. The molecule has 0 saturated carbocycles. The Morgan fingerprint density at radius 2 is 1.72 bits per heavy atom. The van der Waals surface area contributed by atoms with Crippen molar-refractivity contribution in [2.75, 3.05) is 11.9 Å². The van der Waals surface area contributed by atoms with E-state index in [0.29, 0.717) is 30.1 Å². The van der Waals surface area contributed by atoms with Crippen molar-refractivity contribution in [1.29, 1.82) is 0 Å². The highest BCUT2D eigenvalue weighted by atomic mass is 79.9. The third-order valence-electron chi connectivity index (χ3n) is 8.98. The van der Waals surface area contributed by atoms with Crippen molar-refractivity contribution in [3.63, 3.8) is 0 Å². The quantitative estimate of drug-likeness (QED) is 0.277. The number of fused-ring (bicyclic) bond motifs is 1. The van der Waals surface area contributed by atoms with Crippen molar-refractivity contribution >= 4 is 62.7 Å². The summed E-state index contributed by atoms with van der Waals surface area (Å²) in [6, 6.07) is 23.1. The number of aliphatic hydroxyl groups excluding tert-OH is 1. The zero-order valence-electron chi connectivity index (χ0n) is 23.6. The summed E-state index contributed by atoms with van der Waals surface area (Å²) >= 11 is 11.9. The highest BCUT2D eigenvalue weighted by Crippen LogP contribution is 2.68. The molecule has 3 saturated heterocycles. The van der Waals surface area contributed by atoms with Crippen molar-refractivity contribution in [2.45, 2.75) is 53.2 Å². The average Bonchev–Trinajstić information content (AvgIpc) is 3.61. The maximum absolute atomic E-state index is 14.6. The molecular weight excluding hydrogens is 650 g/mol. The predicted molar refractivity (Wildman–Crippen MR) is 173 cm³/mol. The number of rotatable bonds is 9. The Balaban J connectivity index is 1.38. The predicted octanol–water partition coefficient (Wildman–Crippen LogP) is 4.97. The lowest BCUT2D eigenvalue weighted by atomic mass is 9.70. The molecule has 3 unspecified atom stereocenters. The van der Waals surface area contributed by atoms with Gasteiger partial charge in [0.05, 0.1) is 39.9 Å². The Hall–Kier alpha value is -2.85. The van der Waals surface area contributed by atoms with Gasteiger partial charge < -0.3 is 20.6 Å². The molecule has 6 rings (SSSR count). The lowest BCUT2D eigenvalue weighted by molar-refractivity contribution is -0.142. The van der Waals surface area contributed by atoms with Gasteiger partial charge in [0, 0.05) is 16.6 Å². The standard InChI is InChI=1S/C33H33BrClN3O4S/c1-19-9-8-14-24(35)27(19)37-31(41)29-33-16-23(34)28(43-33)25(30(40)36-17-21-12-6-3-7-13-21)26(33)32(42)38(29)22(18-39)15-20-10-4-2-5-11-20/h2-14,22-23,25-26,28-29,39H,15-18H2,1H3,(H,36,40)(H,37,41)/t22-,23?,25+,26+,28+,29?,33?/m1/s1. The molecule has 224 valence electrons. The number of carbonyl (C=O) groups excluding carboxylic acids is 3. The van der Waals surface area contributed by atoms with Crippen LogP contribution >= 0.6 is 39.3 Å². The number of aryl methyl sites for hydroxylation is 1. The topological polar surface area (TPSA) is 98.7 Å². The molecule has 7 nitrogen and oxygen atoms in total. The Bertz CT molecular complexity index is 1510. The second-order valence-corrected chi connectivity index (χ2v) is 14.7. The molecule has 10 heteroatoms. The molecule has 0 radical (unpaired) electrons. The van der Waals surface area contributed by atoms with Crippen LogP contribution in [-0.4, -0.2) is 61.2 Å². The summed E-state index contributed by atoms with van der Waals surface area (Å²) in [6.45, 7) is 1.89. The molecule has 0 aliphatic carbocycles. The molecule has 3 fully saturated rings. The Labute approximate surface area is 268 Å². The summed E-state index contributed by atoms with van der Waals surface area (Å²) in [6.07, 6.45) is 0.915. The third kappa shape index (κ3) is 5.39. The number of benzene rings is 3. The van der Waals surface area contributed by atoms with Gasteiger partial charge in [-0.05, 0) is 42.5 Å². The van der Waals surface area contributed by atoms with Crippen LogP contribution in [0.15, 0.2) is 78.9 Å². The molecule has 43 heavy (non-hydrogen) atoms. The lowest BCUT2D eigenvalue weighted by Gasteiger charge is -2.37. The fourth-order valence-corrected chi connectivity index (χ4v) is 11.0. The maximum atomic E-state index is 14.6. The normalized spacial score (nSPS) is 28.0. The van der Waals surface area contributed by atoms with E-state index in [1.54, 1.807) is 22.7 Å². The molecule has 3 aliphatic rings. The van der Waals surface area contributed by atoms with Gasteiger partial charge in [0.1, 0.15) is 6.04 Å². The molecule has 2 bridgehead atoms. The van der Waals surface area contributed by atoms with Gasteiger partial charge >= 0.3 is 0 Å². The first-order chi connectivity index (χ1) is 20.7. The fourth-order valence-electron chi connectivity index (χ4n) is 7.08. The van der Waals surface area contributed by atoms with Crippen molar-refractivity contribution < 1.29 is 19.5 Å². The van der Waals surface area contributed by atoms with Crippen LogP contribution in [0.5, 0.6) is 0 Å². The van der Waals surface area contributed by atoms with Crippen LogP contribution in [-0.2, 0) is 27.3 Å². The second kappa shape index (κ2) is 12.3. The van der Waals surface area contributed by atoms with E-state index in [-0.39, 0.29) is 34.4 Å². The lowest BCUT2D eigenvalue weighted by Crippen LogP contribution is -2.56. The van der Waals surface area contributed by atoms with Gasteiger partial charge in [0.15, 0.2) is 0 Å². The third-order valence-corrected chi connectivity index (χ3v) is 12.5. The largest absolute Gasteiger partial charge is 0.394 e. The number of alkyl halides is 1. The summed E-state index contributed by atoms with van der Waals surface area (Å²) in [7, 11) is 0. The minimum Gasteiger partial charge on any atom is -0.394 e. The van der Waals surface area contributed by atoms with E-state index in [2.05, 4.69) is 26.6 Å². The van der Waals surface area contributed by atoms with E-state index in [0.717, 1.165) is 16.7 Å². The average molecular weight is 683 g/mol. The number of para-hydroxylation sites is 1. The van der Waals surface area contributed by atoms with E-state index in [4.69, 9.17) is 11.6 Å². The van der Waals surface area contributed by atoms with E-state index in [1.165, 1.54) is 0 Å². The van der Waals surface area contributed by atoms with Crippen LogP contribution in [0.1, 0.15) is 23.1 Å². The number of aliphatic hydroxyl groups is 1. The number of hydrogen-bond acceptors (Lipinski definition) is 5. The monoisotopic (exact) mass is 681 g/mol. The van der Waals surface area contributed by atoms with E-state index in [1.807, 2.05) is 79.7 Å². The van der Waals surface area contributed by atoms with Gasteiger partial charge in [-0.15, -0.1) is 11.8 Å². The minimum absolute atomic E-state index is 0.0620. The summed E-state index contributed by atoms with van der Waals surface area (Å²) in [5.74, 6) is -2.16. The van der Waals surface area contributed by atoms with Gasteiger partial charge in [-0.2, -0.15) is 0 Å². The first kappa shape index (κ1) is 30.2. The molecular formula is C33H33BrClN3O4S. The van der Waals surface area contributed by atoms with Crippen LogP contribution in [0.2, 0.25) is 5.02 Å². The second-order valence-electron chi connectivity index (χ2n) is 11.6. The Morgan fingerprint density at radius 1 is 1.05 bits per heavy atom. The van der Waals surface area contributed by atoms with Crippen molar-refractivity contribution in [3.8, 4) is 0 Å². The van der Waals surface area contributed by atoms with E-state index in [9.17, 15) is 19.5 Å². The van der Waals surface area contributed by atoms with Crippen LogP contribution in [0.4, 0.5) is 5.69 Å². The van der Waals surface area contributed by atoms with E-state index < -0.39 is 28.7 Å². The highest BCUT2D eigenvalue weighted by Gasteiger charge is 2.76. The number of likely N-dealkylation sites (tertiary alicyclic amines) is 1. The molecule has 3 aromatic rings. The summed E-state index contributed by atoms with van der Waals surface area (Å²) < 4.78 is -0.853. The first-order valence-corrected chi connectivity index (χ1v) is 16.6. The molecule has 7 atom stereocenters. The van der Waals surface area contributed by atoms with Gasteiger partial charge in [0.2, 0.25) is 17.7 Å². The highest BCUT2D eigenvalue weighted by molar-refractivity contribution is 9.09. The van der Waals surface area contributed by atoms with Crippen LogP contribution in [0, 0.1) is 18.8 Å². The van der Waals surface area contributed by atoms with Gasteiger partial charge in [0.25, 0.3) is 0 Å². The molecule has 3 aliphatic heterocycles. The van der Waals surface area contributed by atoms with Gasteiger partial charge in [-0.3, -0.25) is 14.4 Å². The van der Waals surface area contributed by atoms with Crippen LogP contribution < -0.4 is 10.6 Å². The smallest absolute Gasteiger partial charge is 0.248 e. The molecule has 3 heterocycles. The van der Waals surface area contributed by atoms with Crippen LogP contribution in [0.3, 0.4) is 0 Å². The van der Waals surface area contributed by atoms with Crippen molar-refractivity contribution in [3.05, 3.63) is 101 Å². The number of anilines is 1. The molecule has 0 aromatic heterocycles. The van der Waals surface area contributed by atoms with Gasteiger partial charge in [-0.25, -0.2) is 0 Å². The molecule has 3 N–H and O–H groups in total. The number of amides is 3. The zero-order valence-corrected chi connectivity index (χ0v) is 26.7. The Morgan fingerprint density at radius 3 is 2.37 bits per heavy atom. The molecule has 3 amide bonds. The molecule has 1 spiro atoms. The fraction of sp³-hybridized carbons (Fsp3) is 0.364. The summed E-state index contributed by atoms with van der Waals surface area (Å²) in [5, 5.41) is 17.0. The first-order valence-electron chi connectivity index (χ1n) is 14.4.